The zero-order valence-corrected chi connectivity index (χ0v) is 15.8. The van der Waals surface area contributed by atoms with E-state index in [4.69, 9.17) is 9.47 Å². The largest absolute Gasteiger partial charge is 0.465 e. The first-order valence-corrected chi connectivity index (χ1v) is 9.16. The normalized spacial score (nSPS) is 11.6. The molecule has 0 unspecified atom stereocenters. The minimum Gasteiger partial charge on any atom is -0.465 e. The second kappa shape index (κ2) is 12.4. The molecule has 0 aliphatic heterocycles. The molecule has 0 rings (SSSR count). The van der Waals surface area contributed by atoms with Crippen molar-refractivity contribution in [3.63, 3.8) is 0 Å². The first-order valence-electron chi connectivity index (χ1n) is 9.16. The second-order valence-electron chi connectivity index (χ2n) is 7.20. The van der Waals surface area contributed by atoms with Crippen LogP contribution in [0.5, 0.6) is 0 Å². The molecule has 0 bridgehead atoms. The van der Waals surface area contributed by atoms with Crippen LogP contribution in [0.4, 0.5) is 0 Å². The van der Waals surface area contributed by atoms with E-state index in [1.807, 2.05) is 0 Å². The van der Waals surface area contributed by atoms with E-state index in [0.717, 1.165) is 25.7 Å². The average Bonchev–Trinajstić information content (AvgIpc) is 2.49. The van der Waals surface area contributed by atoms with Crippen molar-refractivity contribution in [2.45, 2.75) is 86.0 Å². The molecule has 0 aromatic carbocycles. The Balaban J connectivity index is 3.91. The SMILES string of the molecule is CCCCCCCCOC(=O)C(C)(C)C(=O)OCCCC(C)C. The molecule has 0 fully saturated rings. The summed E-state index contributed by atoms with van der Waals surface area (Å²) >= 11 is 0. The summed E-state index contributed by atoms with van der Waals surface area (Å²) in [5.41, 5.74) is -1.22. The lowest BCUT2D eigenvalue weighted by atomic mass is 9.94. The number of ether oxygens (including phenoxy) is 2. The quantitative estimate of drug-likeness (QED) is 0.274. The molecule has 4 nitrogen and oxygen atoms in total. The van der Waals surface area contributed by atoms with E-state index in [1.165, 1.54) is 25.7 Å². The minimum absolute atomic E-state index is 0.366. The molecule has 4 heteroatoms. The van der Waals surface area contributed by atoms with Gasteiger partial charge in [0, 0.05) is 0 Å². The van der Waals surface area contributed by atoms with Crippen LogP contribution in [0.2, 0.25) is 0 Å². The van der Waals surface area contributed by atoms with Crippen LogP contribution in [0.15, 0.2) is 0 Å². The van der Waals surface area contributed by atoms with Crippen molar-refractivity contribution >= 4 is 11.9 Å². The van der Waals surface area contributed by atoms with Gasteiger partial charge in [0.15, 0.2) is 5.41 Å². The standard InChI is InChI=1S/C19H36O4/c1-6-7-8-9-10-11-14-22-17(20)19(4,5)18(21)23-15-12-13-16(2)3/h16H,6-15H2,1-5H3. The third-order valence-electron chi connectivity index (χ3n) is 3.91. The summed E-state index contributed by atoms with van der Waals surface area (Å²) in [7, 11) is 0. The Morgan fingerprint density at radius 3 is 1.83 bits per heavy atom. The maximum Gasteiger partial charge on any atom is 0.322 e. The summed E-state index contributed by atoms with van der Waals surface area (Å²) in [6, 6.07) is 0. The van der Waals surface area contributed by atoms with Gasteiger partial charge in [-0.25, -0.2) is 0 Å². The molecule has 0 aliphatic rings. The summed E-state index contributed by atoms with van der Waals surface area (Å²) < 4.78 is 10.4. The Morgan fingerprint density at radius 1 is 0.826 bits per heavy atom. The third-order valence-corrected chi connectivity index (χ3v) is 3.91. The molecule has 23 heavy (non-hydrogen) atoms. The second-order valence-corrected chi connectivity index (χ2v) is 7.20. The smallest absolute Gasteiger partial charge is 0.322 e. The highest BCUT2D eigenvalue weighted by atomic mass is 16.6. The van der Waals surface area contributed by atoms with Gasteiger partial charge in [-0.3, -0.25) is 9.59 Å². The molecule has 0 amide bonds. The van der Waals surface area contributed by atoms with Gasteiger partial charge >= 0.3 is 11.9 Å². The molecule has 0 aromatic heterocycles. The van der Waals surface area contributed by atoms with Crippen LogP contribution < -0.4 is 0 Å². The monoisotopic (exact) mass is 328 g/mol. The van der Waals surface area contributed by atoms with E-state index in [2.05, 4.69) is 20.8 Å². The van der Waals surface area contributed by atoms with Gasteiger partial charge in [0.05, 0.1) is 13.2 Å². The molecule has 0 atom stereocenters. The fraction of sp³-hybridized carbons (Fsp3) is 0.895. The average molecular weight is 328 g/mol. The van der Waals surface area contributed by atoms with Gasteiger partial charge in [0.25, 0.3) is 0 Å². The Hall–Kier alpha value is -1.06. The maximum atomic E-state index is 12.1. The number of carbonyl (C=O) groups excluding carboxylic acids is 2. The van der Waals surface area contributed by atoms with Gasteiger partial charge < -0.3 is 9.47 Å². The van der Waals surface area contributed by atoms with E-state index in [9.17, 15) is 9.59 Å². The van der Waals surface area contributed by atoms with Gasteiger partial charge in [0.1, 0.15) is 0 Å². The molecule has 0 spiro atoms. The molecule has 0 heterocycles. The molecule has 0 saturated heterocycles. The van der Waals surface area contributed by atoms with Crippen LogP contribution in [0.1, 0.15) is 86.0 Å². The van der Waals surface area contributed by atoms with Crippen molar-refractivity contribution in [2.75, 3.05) is 13.2 Å². The zero-order valence-electron chi connectivity index (χ0n) is 15.8. The first-order chi connectivity index (χ1) is 10.8. The van der Waals surface area contributed by atoms with E-state index in [0.29, 0.717) is 19.1 Å². The van der Waals surface area contributed by atoms with Gasteiger partial charge in [-0.15, -0.1) is 0 Å². The molecule has 136 valence electrons. The summed E-state index contributed by atoms with van der Waals surface area (Å²) in [5.74, 6) is -0.391. The molecule has 0 saturated carbocycles. The lowest BCUT2D eigenvalue weighted by molar-refractivity contribution is -0.170. The van der Waals surface area contributed by atoms with Gasteiger partial charge in [-0.05, 0) is 39.0 Å². The van der Waals surface area contributed by atoms with Crippen molar-refractivity contribution < 1.29 is 19.1 Å². The fourth-order valence-electron chi connectivity index (χ4n) is 2.15. The Morgan fingerprint density at radius 2 is 1.30 bits per heavy atom. The van der Waals surface area contributed by atoms with E-state index in [-0.39, 0.29) is 0 Å². The summed E-state index contributed by atoms with van der Waals surface area (Å²) in [5, 5.41) is 0. The van der Waals surface area contributed by atoms with Crippen LogP contribution >= 0.6 is 0 Å². The van der Waals surface area contributed by atoms with Crippen LogP contribution in [-0.4, -0.2) is 25.2 Å². The van der Waals surface area contributed by atoms with Crippen molar-refractivity contribution in [1.29, 1.82) is 0 Å². The maximum absolute atomic E-state index is 12.1. The Labute approximate surface area is 142 Å². The van der Waals surface area contributed by atoms with Crippen molar-refractivity contribution in [1.82, 2.24) is 0 Å². The topological polar surface area (TPSA) is 52.6 Å². The fourth-order valence-corrected chi connectivity index (χ4v) is 2.15. The highest BCUT2D eigenvalue weighted by molar-refractivity contribution is 5.99. The lowest BCUT2D eigenvalue weighted by Gasteiger charge is -2.21. The summed E-state index contributed by atoms with van der Waals surface area (Å²) in [6.45, 7) is 10.3. The van der Waals surface area contributed by atoms with Crippen LogP contribution in [0.3, 0.4) is 0 Å². The molecule has 0 aromatic rings. The zero-order chi connectivity index (χ0) is 17.7. The van der Waals surface area contributed by atoms with Crippen molar-refractivity contribution in [3.05, 3.63) is 0 Å². The van der Waals surface area contributed by atoms with Crippen molar-refractivity contribution in [3.8, 4) is 0 Å². The minimum atomic E-state index is -1.22. The number of unbranched alkanes of at least 4 members (excludes halogenated alkanes) is 5. The van der Waals surface area contributed by atoms with E-state index in [1.54, 1.807) is 13.8 Å². The van der Waals surface area contributed by atoms with Crippen molar-refractivity contribution in [2.24, 2.45) is 11.3 Å². The van der Waals surface area contributed by atoms with Gasteiger partial charge in [-0.1, -0.05) is 52.9 Å². The third kappa shape index (κ3) is 10.4. The molecule has 0 aliphatic carbocycles. The van der Waals surface area contributed by atoms with Crippen LogP contribution in [-0.2, 0) is 19.1 Å². The van der Waals surface area contributed by atoms with E-state index < -0.39 is 17.4 Å². The molecular formula is C19H36O4. The summed E-state index contributed by atoms with van der Waals surface area (Å²) in [4.78, 5) is 24.1. The number of rotatable bonds is 13. The predicted octanol–water partition coefficient (Wildman–Crippen LogP) is 4.90. The number of hydrogen-bond acceptors (Lipinski definition) is 4. The highest BCUT2D eigenvalue weighted by Gasteiger charge is 2.39. The number of hydrogen-bond donors (Lipinski definition) is 0. The molecule has 0 N–H and O–H groups in total. The Bertz CT molecular complexity index is 334. The van der Waals surface area contributed by atoms with Gasteiger partial charge in [0.2, 0.25) is 0 Å². The highest BCUT2D eigenvalue weighted by Crippen LogP contribution is 2.20. The first kappa shape index (κ1) is 21.9. The van der Waals surface area contributed by atoms with Crippen LogP contribution in [0, 0.1) is 11.3 Å². The number of carbonyl (C=O) groups is 2. The van der Waals surface area contributed by atoms with E-state index >= 15 is 0 Å². The molecular weight excluding hydrogens is 292 g/mol. The van der Waals surface area contributed by atoms with Gasteiger partial charge in [-0.2, -0.15) is 0 Å². The lowest BCUT2D eigenvalue weighted by Crippen LogP contribution is -2.37. The molecule has 0 radical (unpaired) electrons. The van der Waals surface area contributed by atoms with Crippen LogP contribution in [0.25, 0.3) is 0 Å². The Kier molecular flexibility index (Phi) is 11.8. The predicted molar refractivity (Wildman–Crippen MR) is 93.1 cm³/mol. The number of esters is 2. The summed E-state index contributed by atoms with van der Waals surface area (Å²) in [6.07, 6.45) is 8.65.